The summed E-state index contributed by atoms with van der Waals surface area (Å²) in [6.07, 6.45) is 8.97. The van der Waals surface area contributed by atoms with E-state index >= 15 is 0 Å². The van der Waals surface area contributed by atoms with E-state index in [4.69, 9.17) is 10.3 Å². The highest BCUT2D eigenvalue weighted by Crippen LogP contribution is 2.28. The second kappa shape index (κ2) is 5.40. The van der Waals surface area contributed by atoms with Crippen molar-refractivity contribution in [1.29, 1.82) is 0 Å². The van der Waals surface area contributed by atoms with E-state index in [-0.39, 0.29) is 6.04 Å². The predicted octanol–water partition coefficient (Wildman–Crippen LogP) is 2.77. The number of aryl methyl sites for hydroxylation is 1. The van der Waals surface area contributed by atoms with Gasteiger partial charge in [-0.25, -0.2) is 0 Å². The van der Waals surface area contributed by atoms with Gasteiger partial charge in [0.05, 0.1) is 0 Å². The smallest absolute Gasteiger partial charge is 0.246 e. The molecule has 0 spiro atoms. The van der Waals surface area contributed by atoms with Crippen LogP contribution < -0.4 is 5.73 Å². The minimum Gasteiger partial charge on any atom is -0.344 e. The van der Waals surface area contributed by atoms with Crippen LogP contribution in [0.4, 0.5) is 0 Å². The number of rotatable bonds is 3. The van der Waals surface area contributed by atoms with Gasteiger partial charge in [0.1, 0.15) is 6.54 Å². The number of nitrogens with zero attached hydrogens (tertiary/aromatic N) is 3. The number of aromatic nitrogens is 3. The van der Waals surface area contributed by atoms with E-state index in [1.807, 2.05) is 0 Å². The summed E-state index contributed by atoms with van der Waals surface area (Å²) in [6.45, 7) is 4.75. The molecule has 0 saturated carbocycles. The molecule has 0 fully saturated rings. The Balaban J connectivity index is 1.79. The molecule has 0 amide bonds. The Morgan fingerprint density at radius 2 is 2.25 bits per heavy atom. The zero-order chi connectivity index (χ0) is 14.1. The topological polar surface area (TPSA) is 69.9 Å². The molecule has 1 aliphatic carbocycles. The van der Waals surface area contributed by atoms with Crippen LogP contribution in [0.5, 0.6) is 0 Å². The molecule has 1 unspecified atom stereocenters. The number of fused-ring (bicyclic) bond motifs is 1. The highest BCUT2D eigenvalue weighted by molar-refractivity contribution is 5.29. The van der Waals surface area contributed by atoms with Crippen LogP contribution in [0.1, 0.15) is 67.9 Å². The Hall–Kier alpha value is -1.62. The first-order chi connectivity index (χ1) is 9.63. The summed E-state index contributed by atoms with van der Waals surface area (Å²) in [5.41, 5.74) is 8.89. The third kappa shape index (κ3) is 2.63. The fraction of sp³-hybridized carbons (Fsp3) is 0.600. The van der Waals surface area contributed by atoms with Crippen LogP contribution in [0.25, 0.3) is 0 Å². The van der Waals surface area contributed by atoms with Crippen molar-refractivity contribution in [3.8, 4) is 0 Å². The number of nitrogens with two attached hydrogens (primary N) is 1. The van der Waals surface area contributed by atoms with Crippen LogP contribution in [0.3, 0.4) is 0 Å². The van der Waals surface area contributed by atoms with E-state index < -0.39 is 0 Å². The summed E-state index contributed by atoms with van der Waals surface area (Å²) in [7, 11) is 0. The van der Waals surface area contributed by atoms with Crippen LogP contribution >= 0.6 is 0 Å². The van der Waals surface area contributed by atoms with Gasteiger partial charge >= 0.3 is 0 Å². The summed E-state index contributed by atoms with van der Waals surface area (Å²) in [5, 5.41) is 4.00. The molecular weight excluding hydrogens is 252 g/mol. The van der Waals surface area contributed by atoms with Crippen LogP contribution in [-0.2, 0) is 13.0 Å². The molecule has 2 aromatic rings. The Labute approximate surface area is 119 Å². The zero-order valence-corrected chi connectivity index (χ0v) is 12.2. The number of hydrogen-bond acceptors (Lipinski definition) is 4. The van der Waals surface area contributed by atoms with Crippen LogP contribution in [-0.4, -0.2) is 14.7 Å². The maximum atomic E-state index is 6.23. The molecule has 1 aliphatic rings. The quantitative estimate of drug-likeness (QED) is 0.874. The molecular formula is C15H22N4O. The summed E-state index contributed by atoms with van der Waals surface area (Å²) >= 11 is 0. The third-order valence-corrected chi connectivity index (χ3v) is 3.93. The fourth-order valence-electron chi connectivity index (χ4n) is 2.77. The van der Waals surface area contributed by atoms with Crippen molar-refractivity contribution in [3.05, 3.63) is 35.2 Å². The zero-order valence-electron chi connectivity index (χ0n) is 12.2. The molecule has 0 aliphatic heterocycles. The van der Waals surface area contributed by atoms with Crippen molar-refractivity contribution < 1.29 is 4.52 Å². The summed E-state index contributed by atoms with van der Waals surface area (Å²) in [6, 6.07) is 0.169. The molecule has 5 nitrogen and oxygen atoms in total. The summed E-state index contributed by atoms with van der Waals surface area (Å²) in [4.78, 5) is 4.42. The van der Waals surface area contributed by atoms with Gasteiger partial charge in [0.15, 0.2) is 5.82 Å². The first kappa shape index (κ1) is 13.4. The van der Waals surface area contributed by atoms with E-state index in [9.17, 15) is 0 Å². The Morgan fingerprint density at radius 3 is 3.00 bits per heavy atom. The number of hydrogen-bond donors (Lipinski definition) is 1. The van der Waals surface area contributed by atoms with Crippen molar-refractivity contribution in [2.24, 2.45) is 5.73 Å². The van der Waals surface area contributed by atoms with Crippen molar-refractivity contribution in [2.75, 3.05) is 0 Å². The highest BCUT2D eigenvalue weighted by atomic mass is 16.5. The lowest BCUT2D eigenvalue weighted by Gasteiger charge is -2.07. The molecule has 5 heteroatoms. The van der Waals surface area contributed by atoms with Gasteiger partial charge in [0, 0.05) is 24.4 Å². The van der Waals surface area contributed by atoms with E-state index in [0.29, 0.717) is 18.4 Å². The molecule has 2 N–H and O–H groups in total. The lowest BCUT2D eigenvalue weighted by molar-refractivity contribution is 0.364. The minimum atomic E-state index is 0.169. The summed E-state index contributed by atoms with van der Waals surface area (Å²) < 4.78 is 7.42. The minimum absolute atomic E-state index is 0.169. The SMILES string of the molecule is CC(C)c1noc(Cn2cc3c(c2)C(N)CCCC3)n1. The average Bonchev–Trinajstić information content (AvgIpc) is 2.99. The van der Waals surface area contributed by atoms with E-state index in [1.54, 1.807) is 0 Å². The van der Waals surface area contributed by atoms with Gasteiger partial charge in [-0.3, -0.25) is 0 Å². The Bertz CT molecular complexity index is 584. The Kier molecular flexibility index (Phi) is 3.61. The molecule has 3 rings (SSSR count). The molecule has 0 saturated heterocycles. The van der Waals surface area contributed by atoms with Crippen molar-refractivity contribution in [3.63, 3.8) is 0 Å². The van der Waals surface area contributed by atoms with Gasteiger partial charge in [0.25, 0.3) is 0 Å². The molecule has 1 atom stereocenters. The molecule has 0 aromatic carbocycles. The van der Waals surface area contributed by atoms with E-state index in [0.717, 1.165) is 18.7 Å². The average molecular weight is 274 g/mol. The molecule has 2 aromatic heterocycles. The second-order valence-electron chi connectivity index (χ2n) is 5.96. The highest BCUT2D eigenvalue weighted by Gasteiger charge is 2.18. The molecule has 0 bridgehead atoms. The standard InChI is InChI=1S/C15H22N4O/c1-10(2)15-17-14(20-18-15)9-19-7-11-5-3-4-6-13(16)12(11)8-19/h7-8,10,13H,3-6,9,16H2,1-2H3. The fourth-order valence-corrected chi connectivity index (χ4v) is 2.77. The second-order valence-corrected chi connectivity index (χ2v) is 5.96. The maximum absolute atomic E-state index is 6.23. The van der Waals surface area contributed by atoms with Gasteiger partial charge in [-0.05, 0) is 30.4 Å². The largest absolute Gasteiger partial charge is 0.344 e. The Morgan fingerprint density at radius 1 is 1.40 bits per heavy atom. The lowest BCUT2D eigenvalue weighted by atomic mass is 10.1. The van der Waals surface area contributed by atoms with Gasteiger partial charge < -0.3 is 14.8 Å². The molecule has 108 valence electrons. The lowest BCUT2D eigenvalue weighted by Crippen LogP contribution is -2.09. The molecule has 0 radical (unpaired) electrons. The molecule has 20 heavy (non-hydrogen) atoms. The van der Waals surface area contributed by atoms with Crippen LogP contribution in [0.15, 0.2) is 16.9 Å². The van der Waals surface area contributed by atoms with Crippen molar-refractivity contribution in [2.45, 2.75) is 58.0 Å². The van der Waals surface area contributed by atoms with Gasteiger partial charge in [-0.1, -0.05) is 25.4 Å². The predicted molar refractivity (Wildman–Crippen MR) is 76.4 cm³/mol. The monoisotopic (exact) mass is 274 g/mol. The van der Waals surface area contributed by atoms with Gasteiger partial charge in [-0.2, -0.15) is 4.98 Å². The van der Waals surface area contributed by atoms with Crippen molar-refractivity contribution in [1.82, 2.24) is 14.7 Å². The normalized spacial score (nSPS) is 19.1. The molecule has 2 heterocycles. The maximum Gasteiger partial charge on any atom is 0.246 e. The van der Waals surface area contributed by atoms with Gasteiger partial charge in [-0.15, -0.1) is 0 Å². The van der Waals surface area contributed by atoms with Crippen LogP contribution in [0.2, 0.25) is 0 Å². The first-order valence-electron chi connectivity index (χ1n) is 7.40. The first-order valence-corrected chi connectivity index (χ1v) is 7.40. The van der Waals surface area contributed by atoms with Gasteiger partial charge in [0.2, 0.25) is 5.89 Å². The van der Waals surface area contributed by atoms with E-state index in [1.165, 1.54) is 24.0 Å². The van der Waals surface area contributed by atoms with E-state index in [2.05, 4.69) is 40.9 Å². The van der Waals surface area contributed by atoms with Crippen molar-refractivity contribution >= 4 is 0 Å². The third-order valence-electron chi connectivity index (χ3n) is 3.93. The summed E-state index contributed by atoms with van der Waals surface area (Å²) in [5.74, 6) is 1.72. The van der Waals surface area contributed by atoms with Crippen LogP contribution in [0, 0.1) is 0 Å².